The lowest BCUT2D eigenvalue weighted by atomic mass is 10.00. The molecule has 0 saturated heterocycles. The number of hydrogen-bond acceptors (Lipinski definition) is 5. The van der Waals surface area contributed by atoms with E-state index in [1.807, 2.05) is 6.92 Å². The van der Waals surface area contributed by atoms with E-state index in [1.54, 1.807) is 0 Å². The van der Waals surface area contributed by atoms with E-state index >= 15 is 0 Å². The number of aliphatic hydroxyl groups excluding tert-OH is 1. The molecule has 1 fully saturated rings. The van der Waals surface area contributed by atoms with Gasteiger partial charge >= 0.3 is 0 Å². The van der Waals surface area contributed by atoms with E-state index in [0.29, 0.717) is 11.9 Å². The molecule has 2 aromatic rings. The minimum absolute atomic E-state index is 0.0539. The van der Waals surface area contributed by atoms with Crippen LogP contribution in [0.2, 0.25) is 0 Å². The summed E-state index contributed by atoms with van der Waals surface area (Å²) in [6, 6.07) is 8.62. The summed E-state index contributed by atoms with van der Waals surface area (Å²) in [5.74, 6) is 2.18. The molecule has 1 atom stereocenters. The van der Waals surface area contributed by atoms with Crippen molar-refractivity contribution in [3.8, 4) is 0 Å². The van der Waals surface area contributed by atoms with Gasteiger partial charge in [-0.05, 0) is 49.4 Å². The fraction of sp³-hybridized carbons (Fsp3) is 0.474. The number of anilines is 2. The molecular formula is C19H23BrN4O. The van der Waals surface area contributed by atoms with Crippen LogP contribution in [0.15, 0.2) is 28.7 Å². The minimum Gasteiger partial charge on any atom is -0.394 e. The maximum absolute atomic E-state index is 9.30. The Labute approximate surface area is 156 Å². The number of fused-ring (bicyclic) bond motifs is 1. The molecule has 0 amide bonds. The standard InChI is InChI=1S/C19H23BrN4O/c1-12(11-25)21-19-22-17(13-2-3-13)9-18(23-19)24-7-6-14-8-16(20)5-4-15(14)10-24/h4-5,8-9,12-13,25H,2-3,6-7,10-11H2,1H3,(H,21,22,23)/t12-/m0/s1. The molecule has 1 saturated carbocycles. The van der Waals surface area contributed by atoms with Crippen molar-refractivity contribution in [1.29, 1.82) is 0 Å². The Morgan fingerprint density at radius 3 is 2.88 bits per heavy atom. The number of aromatic nitrogens is 2. The number of rotatable bonds is 5. The molecule has 0 bridgehead atoms. The molecule has 1 aliphatic carbocycles. The van der Waals surface area contributed by atoms with Gasteiger partial charge in [0.05, 0.1) is 12.3 Å². The Bertz CT molecular complexity index is 778. The van der Waals surface area contributed by atoms with Gasteiger partial charge in [0, 0.05) is 35.6 Å². The van der Waals surface area contributed by atoms with E-state index in [9.17, 15) is 5.11 Å². The summed E-state index contributed by atoms with van der Waals surface area (Å²) in [5, 5.41) is 12.5. The Balaban J connectivity index is 1.61. The third kappa shape index (κ3) is 3.80. The van der Waals surface area contributed by atoms with Crippen molar-refractivity contribution in [2.24, 2.45) is 0 Å². The van der Waals surface area contributed by atoms with Gasteiger partial charge < -0.3 is 15.3 Å². The number of aliphatic hydroxyl groups is 1. The van der Waals surface area contributed by atoms with E-state index in [0.717, 1.165) is 35.5 Å². The van der Waals surface area contributed by atoms with Crippen molar-refractivity contribution in [3.63, 3.8) is 0 Å². The zero-order valence-electron chi connectivity index (χ0n) is 14.4. The van der Waals surface area contributed by atoms with Crippen LogP contribution >= 0.6 is 15.9 Å². The monoisotopic (exact) mass is 402 g/mol. The van der Waals surface area contributed by atoms with Gasteiger partial charge in [0.1, 0.15) is 5.82 Å². The maximum atomic E-state index is 9.30. The van der Waals surface area contributed by atoms with Gasteiger partial charge in [-0.2, -0.15) is 4.98 Å². The summed E-state index contributed by atoms with van der Waals surface area (Å²) in [4.78, 5) is 11.7. The number of hydrogen-bond donors (Lipinski definition) is 2. The predicted octanol–water partition coefficient (Wildman–Crippen LogP) is 3.47. The Morgan fingerprint density at radius 1 is 1.28 bits per heavy atom. The lowest BCUT2D eigenvalue weighted by molar-refractivity contribution is 0.281. The topological polar surface area (TPSA) is 61.3 Å². The van der Waals surface area contributed by atoms with Crippen molar-refractivity contribution in [2.75, 3.05) is 23.4 Å². The van der Waals surface area contributed by atoms with E-state index in [-0.39, 0.29) is 12.6 Å². The van der Waals surface area contributed by atoms with Crippen molar-refractivity contribution in [3.05, 3.63) is 45.6 Å². The molecule has 4 rings (SSSR count). The average Bonchev–Trinajstić information content (AvgIpc) is 3.46. The minimum atomic E-state index is -0.0539. The SMILES string of the molecule is C[C@@H](CO)Nc1nc(C2CC2)cc(N2CCc3cc(Br)ccc3C2)n1. The molecule has 0 radical (unpaired) electrons. The molecule has 25 heavy (non-hydrogen) atoms. The fourth-order valence-corrected chi connectivity index (χ4v) is 3.66. The first-order valence-electron chi connectivity index (χ1n) is 8.91. The lowest BCUT2D eigenvalue weighted by Gasteiger charge is -2.30. The van der Waals surface area contributed by atoms with Crippen molar-refractivity contribution in [2.45, 2.75) is 44.7 Å². The summed E-state index contributed by atoms with van der Waals surface area (Å²) in [6.45, 7) is 3.83. The zero-order chi connectivity index (χ0) is 17.4. The van der Waals surface area contributed by atoms with Crippen molar-refractivity contribution in [1.82, 2.24) is 9.97 Å². The number of nitrogens with zero attached hydrogens (tertiary/aromatic N) is 3. The average molecular weight is 403 g/mol. The molecular weight excluding hydrogens is 380 g/mol. The number of benzene rings is 1. The van der Waals surface area contributed by atoms with Crippen LogP contribution in [0.25, 0.3) is 0 Å². The second-order valence-corrected chi connectivity index (χ2v) is 7.98. The van der Waals surface area contributed by atoms with Gasteiger partial charge in [0.25, 0.3) is 0 Å². The van der Waals surface area contributed by atoms with Gasteiger partial charge in [-0.3, -0.25) is 0 Å². The van der Waals surface area contributed by atoms with Crippen LogP contribution in [0.4, 0.5) is 11.8 Å². The first-order chi connectivity index (χ1) is 12.1. The molecule has 1 aromatic heterocycles. The van der Waals surface area contributed by atoms with Crippen molar-refractivity contribution < 1.29 is 5.11 Å². The highest BCUT2D eigenvalue weighted by atomic mass is 79.9. The van der Waals surface area contributed by atoms with Crippen LogP contribution in [0.3, 0.4) is 0 Å². The largest absolute Gasteiger partial charge is 0.394 e. The van der Waals surface area contributed by atoms with Crippen LogP contribution in [0.1, 0.15) is 42.5 Å². The van der Waals surface area contributed by atoms with Crippen molar-refractivity contribution >= 4 is 27.7 Å². The molecule has 2 aliphatic rings. The van der Waals surface area contributed by atoms with E-state index in [1.165, 1.54) is 24.0 Å². The number of nitrogens with one attached hydrogen (secondary N) is 1. The van der Waals surface area contributed by atoms with Gasteiger partial charge in [-0.25, -0.2) is 4.98 Å². The third-order valence-electron chi connectivity index (χ3n) is 4.88. The Hall–Kier alpha value is -1.66. The normalized spacial score (nSPS) is 18.0. The molecule has 0 unspecified atom stereocenters. The molecule has 1 aliphatic heterocycles. The summed E-state index contributed by atoms with van der Waals surface area (Å²) < 4.78 is 1.14. The first-order valence-corrected chi connectivity index (χ1v) is 9.70. The molecule has 2 N–H and O–H groups in total. The van der Waals surface area contributed by atoms with Crippen LogP contribution in [-0.2, 0) is 13.0 Å². The quantitative estimate of drug-likeness (QED) is 0.801. The van der Waals surface area contributed by atoms with Crippen LogP contribution in [0, 0.1) is 0 Å². The first kappa shape index (κ1) is 16.8. The second-order valence-electron chi connectivity index (χ2n) is 7.06. The Morgan fingerprint density at radius 2 is 2.12 bits per heavy atom. The maximum Gasteiger partial charge on any atom is 0.225 e. The highest BCUT2D eigenvalue weighted by molar-refractivity contribution is 9.10. The molecule has 132 valence electrons. The molecule has 2 heterocycles. The van der Waals surface area contributed by atoms with Gasteiger partial charge in [-0.15, -0.1) is 0 Å². The van der Waals surface area contributed by atoms with E-state index in [2.05, 4.69) is 55.4 Å². The Kier molecular flexibility index (Phi) is 4.65. The summed E-state index contributed by atoms with van der Waals surface area (Å²) in [7, 11) is 0. The van der Waals surface area contributed by atoms with E-state index in [4.69, 9.17) is 4.98 Å². The number of halogens is 1. The second kappa shape index (κ2) is 6.92. The van der Waals surface area contributed by atoms with Gasteiger partial charge in [-0.1, -0.05) is 22.0 Å². The van der Waals surface area contributed by atoms with Crippen LogP contribution < -0.4 is 10.2 Å². The summed E-state index contributed by atoms with van der Waals surface area (Å²) >= 11 is 3.56. The highest BCUT2D eigenvalue weighted by Gasteiger charge is 2.28. The smallest absolute Gasteiger partial charge is 0.225 e. The van der Waals surface area contributed by atoms with E-state index < -0.39 is 0 Å². The molecule has 6 heteroatoms. The summed E-state index contributed by atoms with van der Waals surface area (Å²) in [6.07, 6.45) is 3.44. The molecule has 0 spiro atoms. The lowest BCUT2D eigenvalue weighted by Crippen LogP contribution is -2.31. The molecule has 5 nitrogen and oxygen atoms in total. The molecule has 1 aromatic carbocycles. The fourth-order valence-electron chi connectivity index (χ4n) is 3.25. The van der Waals surface area contributed by atoms with Gasteiger partial charge in [0.2, 0.25) is 5.95 Å². The highest BCUT2D eigenvalue weighted by Crippen LogP contribution is 2.40. The van der Waals surface area contributed by atoms with Gasteiger partial charge in [0.15, 0.2) is 0 Å². The summed E-state index contributed by atoms with van der Waals surface area (Å²) in [5.41, 5.74) is 3.90. The third-order valence-corrected chi connectivity index (χ3v) is 5.38. The van der Waals surface area contributed by atoms with Crippen LogP contribution in [-0.4, -0.2) is 34.3 Å². The zero-order valence-corrected chi connectivity index (χ0v) is 16.0. The predicted molar refractivity (Wildman–Crippen MR) is 103 cm³/mol. The van der Waals surface area contributed by atoms with Crippen LogP contribution in [0.5, 0.6) is 0 Å².